The fourth-order valence-corrected chi connectivity index (χ4v) is 2.96. The maximum absolute atomic E-state index is 11.8. The zero-order chi connectivity index (χ0) is 18.8. The van der Waals surface area contributed by atoms with Crippen LogP contribution in [0.15, 0.2) is 42.2 Å². The molecule has 5 atom stereocenters. The third-order valence-corrected chi connectivity index (χ3v) is 4.00. The Hall–Kier alpha value is -0.970. The van der Waals surface area contributed by atoms with Crippen LogP contribution < -0.4 is 0 Å². The SMILES string of the molecule is [2H]/C(=C(/[2H])P(C)(=O)O)[C@H]1O[C@@H](c2ccccc2)[C@H](OC)[C@@H]1OC(C)C. The van der Waals surface area contributed by atoms with Gasteiger partial charge in [-0.25, -0.2) is 0 Å². The van der Waals surface area contributed by atoms with Gasteiger partial charge in [-0.2, -0.15) is 0 Å². The highest BCUT2D eigenvalue weighted by Gasteiger charge is 2.45. The second kappa shape index (κ2) is 7.73. The van der Waals surface area contributed by atoms with E-state index in [2.05, 4.69) is 0 Å². The topological polar surface area (TPSA) is 65.0 Å². The Balaban J connectivity index is 2.45. The van der Waals surface area contributed by atoms with Gasteiger partial charge < -0.3 is 19.1 Å². The predicted octanol–water partition coefficient (Wildman–Crippen LogP) is 3.35. The van der Waals surface area contributed by atoms with Crippen LogP contribution in [0.2, 0.25) is 0 Å². The van der Waals surface area contributed by atoms with Crippen LogP contribution in [0.3, 0.4) is 0 Å². The molecule has 5 nitrogen and oxygen atoms in total. The van der Waals surface area contributed by atoms with Gasteiger partial charge in [-0.3, -0.25) is 4.57 Å². The van der Waals surface area contributed by atoms with Gasteiger partial charge in [0.05, 0.1) is 8.85 Å². The van der Waals surface area contributed by atoms with Gasteiger partial charge in [-0.05, 0) is 31.3 Å². The van der Waals surface area contributed by atoms with Crippen LogP contribution >= 0.6 is 7.37 Å². The summed E-state index contributed by atoms with van der Waals surface area (Å²) in [5.41, 5.74) is 0.859. The van der Waals surface area contributed by atoms with E-state index in [4.69, 9.17) is 17.0 Å². The minimum atomic E-state index is -3.86. The highest BCUT2D eigenvalue weighted by atomic mass is 31.2. The number of hydrogen-bond donors (Lipinski definition) is 1. The molecule has 0 aliphatic carbocycles. The van der Waals surface area contributed by atoms with Crippen LogP contribution in [-0.4, -0.2) is 43.1 Å². The van der Waals surface area contributed by atoms with Crippen LogP contribution in [0.5, 0.6) is 0 Å². The molecule has 2 rings (SSSR count). The van der Waals surface area contributed by atoms with Crippen molar-refractivity contribution >= 4 is 7.37 Å². The first-order valence-electron chi connectivity index (χ1n) is 8.53. The summed E-state index contributed by atoms with van der Waals surface area (Å²) in [5.74, 6) is -0.626. The molecule has 1 aliphatic rings. The van der Waals surface area contributed by atoms with Gasteiger partial charge in [-0.1, -0.05) is 30.3 Å². The number of methoxy groups -OCH3 is 1. The Labute approximate surface area is 140 Å². The molecule has 1 unspecified atom stereocenters. The van der Waals surface area contributed by atoms with Crippen LogP contribution in [0.1, 0.15) is 28.3 Å². The number of rotatable bonds is 6. The van der Waals surface area contributed by atoms with Crippen molar-refractivity contribution in [2.24, 2.45) is 0 Å². The Kier molecular flexibility index (Phi) is 5.23. The molecule has 1 fully saturated rings. The van der Waals surface area contributed by atoms with E-state index in [1.807, 2.05) is 44.2 Å². The highest BCUT2D eigenvalue weighted by molar-refractivity contribution is 7.60. The summed E-state index contributed by atoms with van der Waals surface area (Å²) in [6.45, 7) is 4.75. The monoisotopic (exact) mass is 342 g/mol. The van der Waals surface area contributed by atoms with Crippen LogP contribution in [0.4, 0.5) is 0 Å². The third kappa shape index (κ3) is 5.00. The second-order valence-corrected chi connectivity index (χ2v) is 7.85. The predicted molar refractivity (Wildman–Crippen MR) is 89.8 cm³/mol. The maximum atomic E-state index is 11.8. The number of benzene rings is 1. The van der Waals surface area contributed by atoms with Gasteiger partial charge in [0.25, 0.3) is 0 Å². The van der Waals surface area contributed by atoms with Gasteiger partial charge in [0.1, 0.15) is 24.4 Å². The standard InChI is InChI=1S/C17H25O5P/c1-12(2)21-16-14(10-11-23(4,18)19)22-15(17(16)20-3)13-8-6-5-7-9-13/h5-12,14-17H,1-4H3,(H,18,19)/b11-10+/t14-,15+,16-,17+/m1/s1/i10D,11D. The van der Waals surface area contributed by atoms with E-state index in [1.165, 1.54) is 7.11 Å². The van der Waals surface area contributed by atoms with Gasteiger partial charge in [0, 0.05) is 13.8 Å². The van der Waals surface area contributed by atoms with Crippen molar-refractivity contribution in [2.45, 2.75) is 44.4 Å². The van der Waals surface area contributed by atoms with Crippen molar-refractivity contribution < 1.29 is 26.4 Å². The van der Waals surface area contributed by atoms with E-state index < -0.39 is 37.6 Å². The average Bonchev–Trinajstić information content (AvgIpc) is 2.91. The molecule has 1 N–H and O–H groups in total. The minimum Gasteiger partial charge on any atom is -0.376 e. The Morgan fingerprint density at radius 3 is 2.52 bits per heavy atom. The lowest BCUT2D eigenvalue weighted by molar-refractivity contribution is -0.0694. The van der Waals surface area contributed by atoms with Crippen molar-refractivity contribution in [1.29, 1.82) is 0 Å². The first-order valence-corrected chi connectivity index (χ1v) is 9.64. The second-order valence-electron chi connectivity index (χ2n) is 5.87. The fraction of sp³-hybridized carbons (Fsp3) is 0.529. The van der Waals surface area contributed by atoms with E-state index in [-0.39, 0.29) is 12.2 Å². The van der Waals surface area contributed by atoms with Crippen LogP contribution in [0, 0.1) is 0 Å². The van der Waals surface area contributed by atoms with Gasteiger partial charge in [-0.15, -0.1) is 0 Å². The number of hydrogen-bond acceptors (Lipinski definition) is 4. The largest absolute Gasteiger partial charge is 0.376 e. The normalized spacial score (nSPS) is 33.0. The Bertz CT molecular complexity index is 658. The van der Waals surface area contributed by atoms with E-state index in [0.717, 1.165) is 12.2 Å². The molecule has 0 bridgehead atoms. The van der Waals surface area contributed by atoms with E-state index in [0.29, 0.717) is 0 Å². The lowest BCUT2D eigenvalue weighted by Gasteiger charge is -2.24. The zero-order valence-corrected chi connectivity index (χ0v) is 14.7. The third-order valence-electron chi connectivity index (χ3n) is 3.46. The van der Waals surface area contributed by atoms with Crippen molar-refractivity contribution in [2.75, 3.05) is 13.8 Å². The molecule has 6 heteroatoms. The first kappa shape index (κ1) is 15.6. The van der Waals surface area contributed by atoms with Crippen molar-refractivity contribution in [3.05, 3.63) is 47.7 Å². The molecule has 23 heavy (non-hydrogen) atoms. The van der Waals surface area contributed by atoms with Gasteiger partial charge in [0.2, 0.25) is 7.37 Å². The molecule has 0 aromatic heterocycles. The lowest BCUT2D eigenvalue weighted by Crippen LogP contribution is -2.36. The summed E-state index contributed by atoms with van der Waals surface area (Å²) in [7, 11) is -2.33. The smallest absolute Gasteiger partial charge is 0.219 e. The summed E-state index contributed by atoms with van der Waals surface area (Å²) in [6.07, 6.45) is -2.77. The molecule has 0 radical (unpaired) electrons. The molecule has 128 valence electrons. The Morgan fingerprint density at radius 2 is 2.00 bits per heavy atom. The molecular weight excluding hydrogens is 315 g/mol. The molecule has 1 heterocycles. The molecule has 1 aromatic carbocycles. The maximum Gasteiger partial charge on any atom is 0.219 e. The van der Waals surface area contributed by atoms with Gasteiger partial charge >= 0.3 is 0 Å². The molecular formula is C17H25O5P. The molecule has 0 spiro atoms. The van der Waals surface area contributed by atoms with Crippen molar-refractivity contribution in [1.82, 2.24) is 0 Å². The van der Waals surface area contributed by atoms with Crippen LogP contribution in [0.25, 0.3) is 0 Å². The first-order chi connectivity index (χ1) is 11.7. The summed E-state index contributed by atoms with van der Waals surface area (Å²) in [6, 6.07) is 9.06. The quantitative estimate of drug-likeness (QED) is 0.803. The summed E-state index contributed by atoms with van der Waals surface area (Å²) in [5, 5.41) is 0. The van der Waals surface area contributed by atoms with Crippen molar-refractivity contribution in [3.8, 4) is 0 Å². The van der Waals surface area contributed by atoms with E-state index in [9.17, 15) is 9.46 Å². The Morgan fingerprint density at radius 1 is 1.35 bits per heavy atom. The zero-order valence-electron chi connectivity index (χ0n) is 15.8. The number of ether oxygens (including phenoxy) is 3. The molecule has 0 saturated carbocycles. The van der Waals surface area contributed by atoms with E-state index in [1.54, 1.807) is 0 Å². The van der Waals surface area contributed by atoms with Crippen LogP contribution in [-0.2, 0) is 18.8 Å². The van der Waals surface area contributed by atoms with Gasteiger partial charge in [0.15, 0.2) is 0 Å². The fourth-order valence-electron chi connectivity index (χ4n) is 2.59. The lowest BCUT2D eigenvalue weighted by atomic mass is 10.0. The molecule has 1 aliphatic heterocycles. The molecule has 1 aromatic rings. The summed E-state index contributed by atoms with van der Waals surface area (Å²) < 4.78 is 45.4. The highest BCUT2D eigenvalue weighted by Crippen LogP contribution is 2.41. The minimum absolute atomic E-state index is 0.159. The molecule has 1 saturated heterocycles. The summed E-state index contributed by atoms with van der Waals surface area (Å²) >= 11 is 0. The van der Waals surface area contributed by atoms with Crippen molar-refractivity contribution in [3.63, 3.8) is 0 Å². The summed E-state index contributed by atoms with van der Waals surface area (Å²) in [4.78, 5) is 9.65. The molecule has 0 amide bonds. The average molecular weight is 342 g/mol. The van der Waals surface area contributed by atoms with E-state index >= 15 is 0 Å².